The van der Waals surface area contributed by atoms with Crippen molar-refractivity contribution in [1.82, 2.24) is 15.0 Å². The van der Waals surface area contributed by atoms with E-state index in [1.54, 1.807) is 41.8 Å². The summed E-state index contributed by atoms with van der Waals surface area (Å²) in [5, 5.41) is 2.81. The molecule has 37 heavy (non-hydrogen) atoms. The van der Waals surface area contributed by atoms with Crippen LogP contribution in [0, 0.1) is 0 Å². The molecule has 2 amide bonds. The molecule has 0 atom stereocenters. The van der Waals surface area contributed by atoms with Crippen LogP contribution in [0.4, 0.5) is 4.79 Å². The highest BCUT2D eigenvalue weighted by Gasteiger charge is 2.25. The fourth-order valence-corrected chi connectivity index (χ4v) is 6.81. The van der Waals surface area contributed by atoms with Crippen LogP contribution in [-0.4, -0.2) is 31.1 Å². The Hall–Kier alpha value is -3.31. The minimum atomic E-state index is -3.57. The Balaban J connectivity index is 1.48. The summed E-state index contributed by atoms with van der Waals surface area (Å²) < 4.78 is 28.0. The van der Waals surface area contributed by atoms with Crippen LogP contribution in [0.15, 0.2) is 76.7 Å². The highest BCUT2D eigenvalue weighted by molar-refractivity contribution is 8.18. The van der Waals surface area contributed by atoms with Gasteiger partial charge in [0.25, 0.3) is 11.1 Å². The summed E-state index contributed by atoms with van der Waals surface area (Å²) in [4.78, 5) is 30.5. The van der Waals surface area contributed by atoms with E-state index < -0.39 is 15.9 Å². The van der Waals surface area contributed by atoms with Gasteiger partial charge in [0.1, 0.15) is 0 Å². The topological polar surface area (TPSA) is 105 Å². The van der Waals surface area contributed by atoms with Crippen molar-refractivity contribution in [3.8, 4) is 20.9 Å². The zero-order chi connectivity index (χ0) is 26.0. The molecule has 188 valence electrons. The number of carbonyl (C=O) groups is 2. The Bertz CT molecular complexity index is 1660. The van der Waals surface area contributed by atoms with Crippen LogP contribution in [0.3, 0.4) is 0 Å². The Morgan fingerprint density at radius 2 is 1.86 bits per heavy atom. The standard InChI is InChI=1S/C27H23N3O4S3/c1-2-3-12-29-37(33,34)19-6-4-5-18(16-19)23-9-10-24(35-23)20-11-13-28-22-8-7-17(14-21(20)22)15-25-26(31)30-27(32)36-25/h4-11,13-16,29H,2-3,12H2,1H3,(H,30,31,32). The first-order valence-corrected chi connectivity index (χ1v) is 14.8. The summed E-state index contributed by atoms with van der Waals surface area (Å²) in [6, 6.07) is 18.6. The summed E-state index contributed by atoms with van der Waals surface area (Å²) in [5.41, 5.74) is 3.40. The number of sulfonamides is 1. The molecule has 1 fully saturated rings. The van der Waals surface area contributed by atoms with E-state index in [1.165, 1.54) is 0 Å². The second-order valence-corrected chi connectivity index (χ2v) is 12.3. The third-order valence-electron chi connectivity index (χ3n) is 5.83. The van der Waals surface area contributed by atoms with Crippen LogP contribution >= 0.6 is 23.1 Å². The third kappa shape index (κ3) is 5.52. The first kappa shape index (κ1) is 25.3. The third-order valence-corrected chi connectivity index (χ3v) is 9.27. The number of unbranched alkanes of at least 4 members (excludes halogenated alkanes) is 1. The molecule has 2 N–H and O–H groups in total. The second kappa shape index (κ2) is 10.6. The van der Waals surface area contributed by atoms with Crippen molar-refractivity contribution < 1.29 is 18.0 Å². The van der Waals surface area contributed by atoms with Crippen molar-refractivity contribution >= 4 is 61.2 Å². The molecule has 2 aromatic heterocycles. The fraction of sp³-hybridized carbons (Fsp3) is 0.148. The van der Waals surface area contributed by atoms with Crippen molar-refractivity contribution in [1.29, 1.82) is 0 Å². The number of thioether (sulfide) groups is 1. The lowest BCUT2D eigenvalue weighted by Gasteiger charge is -2.08. The summed E-state index contributed by atoms with van der Waals surface area (Å²) in [6.45, 7) is 2.43. The minimum Gasteiger partial charge on any atom is -0.282 e. The Morgan fingerprint density at radius 1 is 1.03 bits per heavy atom. The largest absolute Gasteiger partial charge is 0.290 e. The first-order chi connectivity index (χ1) is 17.8. The van der Waals surface area contributed by atoms with Gasteiger partial charge in [-0.15, -0.1) is 11.3 Å². The number of pyridine rings is 1. The number of thiophene rings is 1. The number of nitrogens with zero attached hydrogens (tertiary/aromatic N) is 1. The predicted octanol–water partition coefficient (Wildman–Crippen LogP) is 6.03. The molecule has 2 aromatic carbocycles. The van der Waals surface area contributed by atoms with E-state index in [2.05, 4.69) is 15.0 Å². The maximum Gasteiger partial charge on any atom is 0.290 e. The summed E-state index contributed by atoms with van der Waals surface area (Å²) in [6.07, 6.45) is 5.15. The molecule has 1 aliphatic rings. The highest BCUT2D eigenvalue weighted by Crippen LogP contribution is 2.38. The van der Waals surface area contributed by atoms with E-state index in [4.69, 9.17) is 0 Å². The van der Waals surface area contributed by atoms with E-state index in [0.29, 0.717) is 11.4 Å². The highest BCUT2D eigenvalue weighted by atomic mass is 32.2. The minimum absolute atomic E-state index is 0.246. The van der Waals surface area contributed by atoms with Gasteiger partial charge in [0.2, 0.25) is 10.0 Å². The molecule has 1 saturated heterocycles. The van der Waals surface area contributed by atoms with E-state index in [1.807, 2.05) is 49.4 Å². The van der Waals surface area contributed by atoms with Crippen molar-refractivity contribution in [2.45, 2.75) is 24.7 Å². The smallest absolute Gasteiger partial charge is 0.282 e. The number of aromatic nitrogens is 1. The van der Waals surface area contributed by atoms with Gasteiger partial charge in [-0.3, -0.25) is 19.9 Å². The average Bonchev–Trinajstić information content (AvgIpc) is 3.50. The number of benzene rings is 2. The Kier molecular flexibility index (Phi) is 7.25. The Labute approximate surface area is 223 Å². The fourth-order valence-electron chi connectivity index (χ4n) is 3.96. The van der Waals surface area contributed by atoms with E-state index in [9.17, 15) is 18.0 Å². The molecule has 7 nitrogen and oxygen atoms in total. The number of amides is 2. The van der Waals surface area contributed by atoms with Gasteiger partial charge in [-0.2, -0.15) is 0 Å². The van der Waals surface area contributed by atoms with Crippen LogP contribution in [0.25, 0.3) is 37.9 Å². The lowest BCUT2D eigenvalue weighted by atomic mass is 10.0. The number of imide groups is 1. The van der Waals surface area contributed by atoms with E-state index >= 15 is 0 Å². The van der Waals surface area contributed by atoms with Crippen molar-refractivity contribution in [3.05, 3.63) is 77.3 Å². The predicted molar refractivity (Wildman–Crippen MR) is 150 cm³/mol. The number of rotatable bonds is 8. The molecular weight excluding hydrogens is 527 g/mol. The number of nitrogens with one attached hydrogen (secondary N) is 2. The lowest BCUT2D eigenvalue weighted by molar-refractivity contribution is -0.115. The number of fused-ring (bicyclic) bond motifs is 1. The molecule has 1 aliphatic heterocycles. The van der Waals surface area contributed by atoms with Crippen LogP contribution in [0.2, 0.25) is 0 Å². The second-order valence-electron chi connectivity index (χ2n) is 8.43. The normalized spacial score (nSPS) is 15.0. The van der Waals surface area contributed by atoms with Gasteiger partial charge in [0.15, 0.2) is 0 Å². The van der Waals surface area contributed by atoms with Crippen molar-refractivity contribution in [3.63, 3.8) is 0 Å². The summed E-state index contributed by atoms with van der Waals surface area (Å²) in [7, 11) is -3.57. The molecule has 5 rings (SSSR count). The molecule has 3 heterocycles. The number of carbonyl (C=O) groups excluding carboxylic acids is 2. The quantitative estimate of drug-likeness (QED) is 0.205. The average molecular weight is 550 g/mol. The number of hydrogen-bond acceptors (Lipinski definition) is 7. The summed E-state index contributed by atoms with van der Waals surface area (Å²) in [5.74, 6) is -0.394. The molecule has 0 radical (unpaired) electrons. The van der Waals surface area contributed by atoms with Gasteiger partial charge in [-0.25, -0.2) is 13.1 Å². The van der Waals surface area contributed by atoms with Crippen LogP contribution in [0.5, 0.6) is 0 Å². The van der Waals surface area contributed by atoms with Crippen molar-refractivity contribution in [2.24, 2.45) is 0 Å². The van der Waals surface area contributed by atoms with Gasteiger partial charge in [0, 0.05) is 33.4 Å². The van der Waals surface area contributed by atoms with Gasteiger partial charge in [-0.1, -0.05) is 31.5 Å². The van der Waals surface area contributed by atoms with Gasteiger partial charge < -0.3 is 0 Å². The Morgan fingerprint density at radius 3 is 2.65 bits per heavy atom. The van der Waals surface area contributed by atoms with E-state index in [0.717, 1.165) is 62.0 Å². The maximum absolute atomic E-state index is 12.7. The molecule has 0 aliphatic carbocycles. The number of hydrogen-bond donors (Lipinski definition) is 2. The van der Waals surface area contributed by atoms with E-state index in [-0.39, 0.29) is 10.1 Å². The molecule has 0 spiro atoms. The molecule has 4 aromatic rings. The molecule has 0 saturated carbocycles. The van der Waals surface area contributed by atoms with Gasteiger partial charge >= 0.3 is 0 Å². The zero-order valence-corrected chi connectivity index (χ0v) is 22.3. The van der Waals surface area contributed by atoms with Gasteiger partial charge in [0.05, 0.1) is 15.3 Å². The molecule has 0 bridgehead atoms. The zero-order valence-electron chi connectivity index (χ0n) is 19.9. The maximum atomic E-state index is 12.7. The van der Waals surface area contributed by atoms with Gasteiger partial charge in [-0.05, 0) is 77.9 Å². The van der Waals surface area contributed by atoms with Crippen LogP contribution in [0.1, 0.15) is 25.3 Å². The first-order valence-electron chi connectivity index (χ1n) is 11.7. The van der Waals surface area contributed by atoms with Crippen LogP contribution < -0.4 is 10.0 Å². The molecular formula is C27H23N3O4S3. The van der Waals surface area contributed by atoms with Crippen LogP contribution in [-0.2, 0) is 14.8 Å². The molecule has 0 unspecified atom stereocenters. The summed E-state index contributed by atoms with van der Waals surface area (Å²) >= 11 is 2.45. The lowest BCUT2D eigenvalue weighted by Crippen LogP contribution is -2.24. The molecule has 10 heteroatoms. The SMILES string of the molecule is CCCCNS(=O)(=O)c1cccc(-c2ccc(-c3ccnc4ccc(C=C5SC(=O)NC5=O)cc34)s2)c1. The van der Waals surface area contributed by atoms with Crippen molar-refractivity contribution in [2.75, 3.05) is 6.54 Å². The monoisotopic (exact) mass is 549 g/mol.